The molecule has 0 amide bonds. The van der Waals surface area contributed by atoms with E-state index in [9.17, 15) is 0 Å². The monoisotopic (exact) mass is 281 g/mol. The van der Waals surface area contributed by atoms with Crippen molar-refractivity contribution in [1.29, 1.82) is 0 Å². The minimum Gasteiger partial charge on any atom is -0.389 e. The van der Waals surface area contributed by atoms with Crippen LogP contribution in [0.1, 0.15) is 36.7 Å². The normalized spacial score (nSPS) is 12.2. The number of pyridine rings is 1. The van der Waals surface area contributed by atoms with E-state index in [0.29, 0.717) is 11.6 Å². The first-order valence-electron chi connectivity index (χ1n) is 6.53. The fourth-order valence-corrected chi connectivity index (χ4v) is 2.48. The van der Waals surface area contributed by atoms with Gasteiger partial charge in [-0.05, 0) is 26.3 Å². The van der Waals surface area contributed by atoms with Gasteiger partial charge in [0.2, 0.25) is 0 Å². The first-order valence-corrected chi connectivity index (χ1v) is 6.93. The van der Waals surface area contributed by atoms with E-state index in [4.69, 9.17) is 22.7 Å². The molecular weight excluding hydrogens is 258 g/mol. The van der Waals surface area contributed by atoms with Crippen LogP contribution in [0.4, 0.5) is 5.69 Å². The number of thiocarbonyl (C=S) groups is 1. The van der Waals surface area contributed by atoms with Crippen LogP contribution in [0.15, 0.2) is 6.07 Å². The van der Waals surface area contributed by atoms with Crippen molar-refractivity contribution in [2.75, 3.05) is 19.0 Å². The number of aryl methyl sites for hydroxylation is 2. The molecule has 0 saturated heterocycles. The number of anilines is 1. The number of aromatic nitrogens is 1. The minimum absolute atomic E-state index is 0.254. The first-order chi connectivity index (χ1) is 8.99. The van der Waals surface area contributed by atoms with E-state index in [1.807, 2.05) is 19.9 Å². The maximum absolute atomic E-state index is 5.81. The van der Waals surface area contributed by atoms with Gasteiger partial charge in [-0.3, -0.25) is 4.98 Å². The topological polar surface area (TPSA) is 60.2 Å². The SMILES string of the molecule is CCCC(COC)Nc1cc(C)nc(C)c1C(N)=S. The zero-order valence-corrected chi connectivity index (χ0v) is 12.9. The molecule has 0 aromatic carbocycles. The summed E-state index contributed by atoms with van der Waals surface area (Å²) in [7, 11) is 1.71. The van der Waals surface area contributed by atoms with Crippen molar-refractivity contribution in [3.05, 3.63) is 23.0 Å². The second-order valence-corrected chi connectivity index (χ2v) is 5.16. The van der Waals surface area contributed by atoms with Gasteiger partial charge in [-0.15, -0.1) is 0 Å². The van der Waals surface area contributed by atoms with E-state index in [1.54, 1.807) is 7.11 Å². The summed E-state index contributed by atoms with van der Waals surface area (Å²) in [5, 5.41) is 3.48. The molecule has 1 heterocycles. The van der Waals surface area contributed by atoms with Crippen LogP contribution in [0, 0.1) is 13.8 Å². The lowest BCUT2D eigenvalue weighted by molar-refractivity contribution is 0.182. The van der Waals surface area contributed by atoms with E-state index in [0.717, 1.165) is 35.5 Å². The second kappa shape index (κ2) is 7.40. The summed E-state index contributed by atoms with van der Waals surface area (Å²) in [5.41, 5.74) is 9.41. The van der Waals surface area contributed by atoms with Crippen molar-refractivity contribution in [3.63, 3.8) is 0 Å². The first kappa shape index (κ1) is 15.9. The van der Waals surface area contributed by atoms with Crippen LogP contribution in [0.25, 0.3) is 0 Å². The number of ether oxygens (including phenoxy) is 1. The van der Waals surface area contributed by atoms with E-state index < -0.39 is 0 Å². The Kier molecular flexibility index (Phi) is 6.18. The Morgan fingerprint density at radius 3 is 2.74 bits per heavy atom. The van der Waals surface area contributed by atoms with Gasteiger partial charge in [0.15, 0.2) is 0 Å². The third kappa shape index (κ3) is 4.44. The zero-order valence-electron chi connectivity index (χ0n) is 12.1. The highest BCUT2D eigenvalue weighted by Gasteiger charge is 2.14. The fourth-order valence-electron chi connectivity index (χ4n) is 2.22. The van der Waals surface area contributed by atoms with Crippen LogP contribution >= 0.6 is 12.2 Å². The van der Waals surface area contributed by atoms with Gasteiger partial charge < -0.3 is 15.8 Å². The largest absolute Gasteiger partial charge is 0.389 e. The molecule has 1 aromatic rings. The smallest absolute Gasteiger partial charge is 0.107 e. The highest BCUT2D eigenvalue weighted by molar-refractivity contribution is 7.80. The van der Waals surface area contributed by atoms with Gasteiger partial charge >= 0.3 is 0 Å². The van der Waals surface area contributed by atoms with Gasteiger partial charge in [0.25, 0.3) is 0 Å². The summed E-state index contributed by atoms with van der Waals surface area (Å²) >= 11 is 5.13. The molecule has 0 aliphatic carbocycles. The van der Waals surface area contributed by atoms with Gasteiger partial charge in [-0.1, -0.05) is 25.6 Å². The molecule has 0 aliphatic rings. The molecule has 4 nitrogen and oxygen atoms in total. The summed E-state index contributed by atoms with van der Waals surface area (Å²) in [6.45, 7) is 6.71. The van der Waals surface area contributed by atoms with E-state index >= 15 is 0 Å². The highest BCUT2D eigenvalue weighted by Crippen LogP contribution is 2.21. The standard InChI is InChI=1S/C14H23N3OS/c1-5-6-11(8-18-4)17-12-7-9(2)16-10(3)13(12)14(15)19/h7,11H,5-6,8H2,1-4H3,(H2,15,19)(H,16,17). The van der Waals surface area contributed by atoms with Crippen molar-refractivity contribution in [2.24, 2.45) is 5.73 Å². The van der Waals surface area contributed by atoms with Crippen LogP contribution in [-0.2, 0) is 4.74 Å². The number of methoxy groups -OCH3 is 1. The Morgan fingerprint density at radius 2 is 2.21 bits per heavy atom. The van der Waals surface area contributed by atoms with Crippen molar-refractivity contribution in [2.45, 2.75) is 39.7 Å². The molecule has 106 valence electrons. The third-order valence-corrected chi connectivity index (χ3v) is 3.14. The van der Waals surface area contributed by atoms with Gasteiger partial charge in [0.1, 0.15) is 4.99 Å². The predicted octanol–water partition coefficient (Wildman–Crippen LogP) is 2.56. The van der Waals surface area contributed by atoms with Gasteiger partial charge in [-0.25, -0.2) is 0 Å². The van der Waals surface area contributed by atoms with Crippen LogP contribution in [0.3, 0.4) is 0 Å². The summed E-state index contributed by atoms with van der Waals surface area (Å²) in [6.07, 6.45) is 2.12. The molecule has 19 heavy (non-hydrogen) atoms. The molecular formula is C14H23N3OS. The molecule has 0 radical (unpaired) electrons. The number of hydrogen-bond acceptors (Lipinski definition) is 4. The van der Waals surface area contributed by atoms with Crippen molar-refractivity contribution >= 4 is 22.9 Å². The number of nitrogens with two attached hydrogens (primary N) is 1. The molecule has 0 aliphatic heterocycles. The molecule has 1 rings (SSSR count). The number of nitrogens with one attached hydrogen (secondary N) is 1. The summed E-state index contributed by atoms with van der Waals surface area (Å²) < 4.78 is 5.25. The number of rotatable bonds is 7. The van der Waals surface area contributed by atoms with Crippen LogP contribution in [-0.4, -0.2) is 29.7 Å². The maximum atomic E-state index is 5.81. The Hall–Kier alpha value is -1.20. The predicted molar refractivity (Wildman–Crippen MR) is 83.8 cm³/mol. The molecule has 0 fully saturated rings. The van der Waals surface area contributed by atoms with Gasteiger partial charge in [0, 0.05) is 30.2 Å². The lowest BCUT2D eigenvalue weighted by Crippen LogP contribution is -2.27. The molecule has 1 aromatic heterocycles. The van der Waals surface area contributed by atoms with Gasteiger partial charge in [-0.2, -0.15) is 0 Å². The lowest BCUT2D eigenvalue weighted by atomic mass is 10.1. The lowest BCUT2D eigenvalue weighted by Gasteiger charge is -2.21. The number of hydrogen-bond donors (Lipinski definition) is 2. The Labute approximate surface area is 120 Å². The van der Waals surface area contributed by atoms with Crippen LogP contribution < -0.4 is 11.1 Å². The quantitative estimate of drug-likeness (QED) is 0.752. The fraction of sp³-hybridized carbons (Fsp3) is 0.571. The average molecular weight is 281 g/mol. The molecule has 0 saturated carbocycles. The molecule has 5 heteroatoms. The molecule has 3 N–H and O–H groups in total. The van der Waals surface area contributed by atoms with Crippen molar-refractivity contribution < 1.29 is 4.74 Å². The Morgan fingerprint density at radius 1 is 1.53 bits per heavy atom. The molecule has 1 atom stereocenters. The van der Waals surface area contributed by atoms with Crippen molar-refractivity contribution in [3.8, 4) is 0 Å². The summed E-state index contributed by atoms with van der Waals surface area (Å²) in [5.74, 6) is 0. The zero-order chi connectivity index (χ0) is 14.4. The van der Waals surface area contributed by atoms with Crippen LogP contribution in [0.5, 0.6) is 0 Å². The highest BCUT2D eigenvalue weighted by atomic mass is 32.1. The molecule has 0 spiro atoms. The summed E-state index contributed by atoms with van der Waals surface area (Å²) in [6, 6.07) is 2.24. The minimum atomic E-state index is 0.254. The third-order valence-electron chi connectivity index (χ3n) is 2.94. The summed E-state index contributed by atoms with van der Waals surface area (Å²) in [4.78, 5) is 4.79. The molecule has 1 unspecified atom stereocenters. The molecule has 0 bridgehead atoms. The van der Waals surface area contributed by atoms with E-state index in [2.05, 4.69) is 17.2 Å². The Balaban J connectivity index is 3.06. The average Bonchev–Trinajstić information content (AvgIpc) is 2.27. The van der Waals surface area contributed by atoms with Crippen molar-refractivity contribution in [1.82, 2.24) is 4.98 Å². The Bertz CT molecular complexity index is 443. The van der Waals surface area contributed by atoms with E-state index in [1.165, 1.54) is 0 Å². The van der Waals surface area contributed by atoms with Crippen LogP contribution in [0.2, 0.25) is 0 Å². The second-order valence-electron chi connectivity index (χ2n) is 4.72. The van der Waals surface area contributed by atoms with Gasteiger partial charge in [0.05, 0.1) is 12.2 Å². The number of nitrogens with zero attached hydrogens (tertiary/aromatic N) is 1. The maximum Gasteiger partial charge on any atom is 0.107 e. The van der Waals surface area contributed by atoms with E-state index in [-0.39, 0.29) is 6.04 Å².